The quantitative estimate of drug-likeness (QED) is 0.352. The Morgan fingerprint density at radius 1 is 0.889 bits per heavy atom. The van der Waals surface area contributed by atoms with Crippen LogP contribution < -0.4 is 0 Å². The molecular weight excluding hydrogens is 240 g/mol. The molecule has 0 fully saturated rings. The first-order chi connectivity index (χ1) is 8.60. The molecule has 0 saturated heterocycles. The van der Waals surface area contributed by atoms with Gasteiger partial charge < -0.3 is 18.9 Å². The lowest BCUT2D eigenvalue weighted by atomic mass is 10.0. The van der Waals surface area contributed by atoms with Crippen molar-refractivity contribution in [2.24, 2.45) is 5.92 Å². The number of hydrogen-bond donors (Lipinski definition) is 0. The van der Waals surface area contributed by atoms with Gasteiger partial charge in [0.1, 0.15) is 0 Å². The van der Waals surface area contributed by atoms with E-state index in [1.54, 1.807) is 13.8 Å². The molecule has 0 amide bonds. The van der Waals surface area contributed by atoms with Crippen LogP contribution in [0.2, 0.25) is 0 Å². The number of carbonyl (C=O) groups excluding carboxylic acids is 2. The zero-order chi connectivity index (χ0) is 14.0. The van der Waals surface area contributed by atoms with E-state index < -0.39 is 24.1 Å². The Labute approximate surface area is 108 Å². The molecule has 0 saturated carbocycles. The van der Waals surface area contributed by atoms with E-state index in [1.807, 2.05) is 0 Å². The van der Waals surface area contributed by atoms with Crippen LogP contribution in [0.3, 0.4) is 0 Å². The molecule has 0 aliphatic carbocycles. The van der Waals surface area contributed by atoms with E-state index >= 15 is 0 Å². The number of ether oxygens (including phenoxy) is 4. The second-order valence-electron chi connectivity index (χ2n) is 3.53. The predicted molar refractivity (Wildman–Crippen MR) is 63.8 cm³/mol. The molecule has 106 valence electrons. The van der Waals surface area contributed by atoms with Gasteiger partial charge in [0.15, 0.2) is 12.2 Å². The average molecular weight is 262 g/mol. The van der Waals surface area contributed by atoms with Gasteiger partial charge in [-0.05, 0) is 26.7 Å². The van der Waals surface area contributed by atoms with E-state index in [2.05, 4.69) is 0 Å². The highest BCUT2D eigenvalue weighted by molar-refractivity contribution is 5.94. The summed E-state index contributed by atoms with van der Waals surface area (Å²) < 4.78 is 19.7. The van der Waals surface area contributed by atoms with Crippen molar-refractivity contribution in [2.75, 3.05) is 27.4 Å². The van der Waals surface area contributed by atoms with E-state index in [1.165, 1.54) is 14.2 Å². The maximum Gasteiger partial charge on any atom is 0.320 e. The van der Waals surface area contributed by atoms with Crippen molar-refractivity contribution < 1.29 is 28.5 Å². The number of hydrogen-bond acceptors (Lipinski definition) is 6. The SMILES string of the molecule is CCOC(=O)C(CCC(OC)OC)C(=O)OCC. The summed E-state index contributed by atoms with van der Waals surface area (Å²) in [6, 6.07) is 0. The lowest BCUT2D eigenvalue weighted by Crippen LogP contribution is -2.29. The summed E-state index contributed by atoms with van der Waals surface area (Å²) >= 11 is 0. The molecule has 6 heteroatoms. The monoisotopic (exact) mass is 262 g/mol. The number of carbonyl (C=O) groups is 2. The zero-order valence-electron chi connectivity index (χ0n) is 11.4. The Bertz CT molecular complexity index is 231. The second kappa shape index (κ2) is 9.85. The first-order valence-electron chi connectivity index (χ1n) is 5.99. The molecule has 0 radical (unpaired) electrons. The molecule has 18 heavy (non-hydrogen) atoms. The topological polar surface area (TPSA) is 71.1 Å². The van der Waals surface area contributed by atoms with Crippen LogP contribution in [-0.4, -0.2) is 45.7 Å². The first-order valence-corrected chi connectivity index (χ1v) is 5.99. The van der Waals surface area contributed by atoms with Crippen LogP contribution in [0.25, 0.3) is 0 Å². The van der Waals surface area contributed by atoms with Crippen molar-refractivity contribution in [1.82, 2.24) is 0 Å². The molecule has 0 aliphatic rings. The summed E-state index contributed by atoms with van der Waals surface area (Å²) in [5.41, 5.74) is 0. The number of methoxy groups -OCH3 is 2. The molecule has 0 rings (SSSR count). The van der Waals surface area contributed by atoms with Crippen LogP contribution in [0, 0.1) is 5.92 Å². The molecule has 0 N–H and O–H groups in total. The van der Waals surface area contributed by atoms with Crippen LogP contribution in [0.4, 0.5) is 0 Å². The second-order valence-corrected chi connectivity index (χ2v) is 3.53. The van der Waals surface area contributed by atoms with Gasteiger partial charge in [0.25, 0.3) is 0 Å². The van der Waals surface area contributed by atoms with Crippen LogP contribution in [0.1, 0.15) is 26.7 Å². The van der Waals surface area contributed by atoms with E-state index in [0.717, 1.165) is 0 Å². The lowest BCUT2D eigenvalue weighted by molar-refractivity contribution is -0.163. The maximum absolute atomic E-state index is 11.6. The van der Waals surface area contributed by atoms with Gasteiger partial charge in [-0.1, -0.05) is 0 Å². The third-order valence-electron chi connectivity index (χ3n) is 2.36. The minimum atomic E-state index is -0.919. The molecule has 0 aromatic heterocycles. The molecule has 0 aromatic carbocycles. The molecule has 0 bridgehead atoms. The van der Waals surface area contributed by atoms with Gasteiger partial charge in [-0.3, -0.25) is 9.59 Å². The van der Waals surface area contributed by atoms with Crippen LogP contribution >= 0.6 is 0 Å². The lowest BCUT2D eigenvalue weighted by Gasteiger charge is -2.17. The van der Waals surface area contributed by atoms with Crippen molar-refractivity contribution in [3.8, 4) is 0 Å². The molecule has 0 aromatic rings. The Balaban J connectivity index is 4.46. The van der Waals surface area contributed by atoms with Crippen molar-refractivity contribution in [3.63, 3.8) is 0 Å². The Morgan fingerprint density at radius 3 is 1.67 bits per heavy atom. The van der Waals surface area contributed by atoms with E-state index in [9.17, 15) is 9.59 Å². The van der Waals surface area contributed by atoms with Crippen molar-refractivity contribution in [3.05, 3.63) is 0 Å². The summed E-state index contributed by atoms with van der Waals surface area (Å²) in [7, 11) is 3.00. The minimum absolute atomic E-state index is 0.229. The average Bonchev–Trinajstić information content (AvgIpc) is 2.35. The molecule has 6 nitrogen and oxygen atoms in total. The van der Waals surface area contributed by atoms with E-state index in [4.69, 9.17) is 18.9 Å². The van der Waals surface area contributed by atoms with Gasteiger partial charge >= 0.3 is 11.9 Å². The highest BCUT2D eigenvalue weighted by Crippen LogP contribution is 2.14. The van der Waals surface area contributed by atoms with Gasteiger partial charge in [0.05, 0.1) is 13.2 Å². The van der Waals surface area contributed by atoms with Crippen molar-refractivity contribution in [2.45, 2.75) is 33.0 Å². The summed E-state index contributed by atoms with van der Waals surface area (Å²) in [4.78, 5) is 23.3. The summed E-state index contributed by atoms with van der Waals surface area (Å²) in [5, 5.41) is 0. The largest absolute Gasteiger partial charge is 0.465 e. The van der Waals surface area contributed by atoms with Gasteiger partial charge in [0.2, 0.25) is 0 Å². The standard InChI is InChI=1S/C12H22O6/c1-5-17-11(13)9(12(14)18-6-2)7-8-10(15-3)16-4/h9-10H,5-8H2,1-4H3. The van der Waals surface area contributed by atoms with Crippen LogP contribution in [0.5, 0.6) is 0 Å². The first kappa shape index (κ1) is 16.9. The smallest absolute Gasteiger partial charge is 0.320 e. The minimum Gasteiger partial charge on any atom is -0.465 e. The fourth-order valence-electron chi connectivity index (χ4n) is 1.45. The summed E-state index contributed by atoms with van der Waals surface area (Å²) in [6.07, 6.45) is 0.232. The van der Waals surface area contributed by atoms with Gasteiger partial charge in [-0.15, -0.1) is 0 Å². The van der Waals surface area contributed by atoms with E-state index in [-0.39, 0.29) is 19.6 Å². The van der Waals surface area contributed by atoms with E-state index in [0.29, 0.717) is 6.42 Å². The maximum atomic E-state index is 11.6. The fraction of sp³-hybridized carbons (Fsp3) is 0.833. The third-order valence-corrected chi connectivity index (χ3v) is 2.36. The highest BCUT2D eigenvalue weighted by atomic mass is 16.7. The Kier molecular flexibility index (Phi) is 9.22. The Morgan fingerprint density at radius 2 is 1.33 bits per heavy atom. The van der Waals surface area contributed by atoms with Crippen molar-refractivity contribution in [1.29, 1.82) is 0 Å². The van der Waals surface area contributed by atoms with Gasteiger partial charge in [-0.2, -0.15) is 0 Å². The molecule has 0 aliphatic heterocycles. The molecular formula is C12H22O6. The number of esters is 2. The summed E-state index contributed by atoms with van der Waals surface area (Å²) in [6.45, 7) is 3.83. The molecule has 0 unspecified atom stereocenters. The van der Waals surface area contributed by atoms with Gasteiger partial charge in [0, 0.05) is 14.2 Å². The number of rotatable bonds is 9. The van der Waals surface area contributed by atoms with Crippen LogP contribution in [-0.2, 0) is 28.5 Å². The third kappa shape index (κ3) is 5.97. The molecule has 0 heterocycles. The van der Waals surface area contributed by atoms with Gasteiger partial charge in [-0.25, -0.2) is 0 Å². The Hall–Kier alpha value is -1.14. The highest BCUT2D eigenvalue weighted by Gasteiger charge is 2.30. The predicted octanol–water partition coefficient (Wildman–Crippen LogP) is 1.13. The van der Waals surface area contributed by atoms with Crippen LogP contribution in [0.15, 0.2) is 0 Å². The normalized spacial score (nSPS) is 10.8. The van der Waals surface area contributed by atoms with Crippen molar-refractivity contribution >= 4 is 11.9 Å². The summed E-state index contributed by atoms with van der Waals surface area (Å²) in [5.74, 6) is -2.05. The fourth-order valence-corrected chi connectivity index (χ4v) is 1.45. The molecule has 0 spiro atoms. The zero-order valence-corrected chi connectivity index (χ0v) is 11.4. The molecule has 0 atom stereocenters.